The van der Waals surface area contributed by atoms with Crippen molar-refractivity contribution in [2.24, 2.45) is 5.92 Å². The molecule has 1 N–H and O–H groups in total. The van der Waals surface area contributed by atoms with Crippen molar-refractivity contribution in [1.82, 2.24) is 4.90 Å². The largest absolute Gasteiger partial charge is 0.391 e. The lowest BCUT2D eigenvalue weighted by Crippen LogP contribution is -2.56. The minimum atomic E-state index is -0.219. The summed E-state index contributed by atoms with van der Waals surface area (Å²) in [4.78, 5) is 2.25. The molecule has 1 aliphatic rings. The lowest BCUT2D eigenvalue weighted by Gasteiger charge is -2.48. The molecule has 3 unspecified atom stereocenters. The van der Waals surface area contributed by atoms with Gasteiger partial charge in [0, 0.05) is 5.54 Å². The fourth-order valence-corrected chi connectivity index (χ4v) is 3.12. The van der Waals surface area contributed by atoms with Gasteiger partial charge in [-0.05, 0) is 45.7 Å². The molecule has 0 spiro atoms. The van der Waals surface area contributed by atoms with Crippen LogP contribution in [0.15, 0.2) is 12.7 Å². The molecular formula is C14H27NO. The van der Waals surface area contributed by atoms with Gasteiger partial charge in [0.15, 0.2) is 0 Å². The van der Waals surface area contributed by atoms with Gasteiger partial charge >= 0.3 is 0 Å². The van der Waals surface area contributed by atoms with Crippen LogP contribution in [0.3, 0.4) is 0 Å². The summed E-state index contributed by atoms with van der Waals surface area (Å²) in [7, 11) is 4.21. The monoisotopic (exact) mass is 225 g/mol. The number of hydrogen-bond acceptors (Lipinski definition) is 2. The predicted octanol–water partition coefficient (Wildman–Crippen LogP) is 2.82. The third kappa shape index (κ3) is 2.86. The molecule has 1 rings (SSSR count). The summed E-state index contributed by atoms with van der Waals surface area (Å²) in [5.74, 6) is 0.731. The molecule has 94 valence electrons. The Kier molecular flexibility index (Phi) is 5.00. The zero-order valence-corrected chi connectivity index (χ0v) is 11.1. The fourth-order valence-electron chi connectivity index (χ4n) is 3.12. The van der Waals surface area contributed by atoms with Crippen molar-refractivity contribution in [2.75, 3.05) is 14.1 Å². The van der Waals surface area contributed by atoms with Gasteiger partial charge in [-0.1, -0.05) is 25.8 Å². The predicted molar refractivity (Wildman–Crippen MR) is 69.5 cm³/mol. The van der Waals surface area contributed by atoms with Crippen molar-refractivity contribution in [2.45, 2.75) is 57.1 Å². The molecule has 16 heavy (non-hydrogen) atoms. The summed E-state index contributed by atoms with van der Waals surface area (Å²) >= 11 is 0. The quantitative estimate of drug-likeness (QED) is 0.727. The van der Waals surface area contributed by atoms with E-state index in [1.165, 1.54) is 12.8 Å². The summed E-state index contributed by atoms with van der Waals surface area (Å²) in [5, 5.41) is 10.5. The number of likely N-dealkylation sites (N-methyl/N-ethyl adjacent to an activating group) is 1. The molecule has 0 aromatic rings. The first kappa shape index (κ1) is 13.7. The highest BCUT2D eigenvalue weighted by molar-refractivity contribution is 4.98. The van der Waals surface area contributed by atoms with E-state index in [0.717, 1.165) is 31.6 Å². The van der Waals surface area contributed by atoms with E-state index in [2.05, 4.69) is 32.5 Å². The van der Waals surface area contributed by atoms with Crippen LogP contribution in [-0.2, 0) is 0 Å². The normalized spacial score (nSPS) is 32.7. The second-order valence-electron chi connectivity index (χ2n) is 5.58. The van der Waals surface area contributed by atoms with Crippen LogP contribution in [0.25, 0.3) is 0 Å². The van der Waals surface area contributed by atoms with Crippen molar-refractivity contribution in [3.63, 3.8) is 0 Å². The molecule has 0 aromatic carbocycles. The number of aliphatic hydroxyl groups is 1. The van der Waals surface area contributed by atoms with E-state index in [1.807, 2.05) is 6.08 Å². The molecule has 2 nitrogen and oxygen atoms in total. The summed E-state index contributed by atoms with van der Waals surface area (Å²) in [5.41, 5.74) is 0.000671. The number of allylic oxidation sites excluding steroid dienone is 1. The van der Waals surface area contributed by atoms with Gasteiger partial charge in [0.05, 0.1) is 6.10 Å². The molecule has 1 saturated carbocycles. The second-order valence-corrected chi connectivity index (χ2v) is 5.58. The molecule has 2 heteroatoms. The Bertz CT molecular complexity index is 227. The summed E-state index contributed by atoms with van der Waals surface area (Å²) < 4.78 is 0. The van der Waals surface area contributed by atoms with Gasteiger partial charge in [-0.2, -0.15) is 0 Å². The zero-order valence-electron chi connectivity index (χ0n) is 11.1. The Morgan fingerprint density at radius 1 is 1.56 bits per heavy atom. The maximum atomic E-state index is 10.5. The van der Waals surface area contributed by atoms with Gasteiger partial charge in [-0.25, -0.2) is 0 Å². The molecule has 0 amide bonds. The van der Waals surface area contributed by atoms with Crippen molar-refractivity contribution in [3.8, 4) is 0 Å². The molecule has 0 aliphatic heterocycles. The Morgan fingerprint density at radius 3 is 2.75 bits per heavy atom. The first-order valence-electron chi connectivity index (χ1n) is 6.49. The number of rotatable bonds is 5. The lowest BCUT2D eigenvalue weighted by atomic mass is 9.71. The van der Waals surface area contributed by atoms with Crippen LogP contribution in [0, 0.1) is 5.92 Å². The summed E-state index contributed by atoms with van der Waals surface area (Å²) in [6.45, 7) is 6.04. The maximum Gasteiger partial charge on any atom is 0.0726 e. The molecule has 0 saturated heterocycles. The smallest absolute Gasteiger partial charge is 0.0726 e. The van der Waals surface area contributed by atoms with Crippen molar-refractivity contribution < 1.29 is 5.11 Å². The third-order valence-corrected chi connectivity index (χ3v) is 4.16. The van der Waals surface area contributed by atoms with Crippen molar-refractivity contribution in [1.29, 1.82) is 0 Å². The highest BCUT2D eigenvalue weighted by Gasteiger charge is 2.42. The van der Waals surface area contributed by atoms with Gasteiger partial charge in [0.2, 0.25) is 0 Å². The Morgan fingerprint density at radius 2 is 2.25 bits per heavy atom. The molecule has 1 aliphatic carbocycles. The van der Waals surface area contributed by atoms with Crippen LogP contribution in [0.4, 0.5) is 0 Å². The van der Waals surface area contributed by atoms with Crippen LogP contribution >= 0.6 is 0 Å². The topological polar surface area (TPSA) is 23.5 Å². The third-order valence-electron chi connectivity index (χ3n) is 4.16. The SMILES string of the molecule is C=CCCC(O)C1(N(C)C)CCCC(C)C1. The fraction of sp³-hybridized carbons (Fsp3) is 0.857. The van der Waals surface area contributed by atoms with Crippen molar-refractivity contribution in [3.05, 3.63) is 12.7 Å². The molecule has 0 heterocycles. The van der Waals surface area contributed by atoms with Gasteiger partial charge in [0.1, 0.15) is 0 Å². The first-order valence-corrected chi connectivity index (χ1v) is 6.49. The Labute approximate surface area is 100 Å². The van der Waals surface area contributed by atoms with Crippen LogP contribution in [0.2, 0.25) is 0 Å². The lowest BCUT2D eigenvalue weighted by molar-refractivity contribution is -0.0461. The second kappa shape index (κ2) is 5.83. The van der Waals surface area contributed by atoms with Crippen LogP contribution < -0.4 is 0 Å². The minimum Gasteiger partial charge on any atom is -0.391 e. The van der Waals surface area contributed by atoms with E-state index in [-0.39, 0.29) is 11.6 Å². The van der Waals surface area contributed by atoms with E-state index >= 15 is 0 Å². The zero-order chi connectivity index (χ0) is 12.2. The highest BCUT2D eigenvalue weighted by atomic mass is 16.3. The van der Waals surface area contributed by atoms with Gasteiger partial charge in [-0.3, -0.25) is 0 Å². The molecular weight excluding hydrogens is 198 g/mol. The van der Waals surface area contributed by atoms with Gasteiger partial charge in [0.25, 0.3) is 0 Å². The Hall–Kier alpha value is -0.340. The molecule has 0 radical (unpaired) electrons. The average Bonchev–Trinajstić information content (AvgIpc) is 2.25. The van der Waals surface area contributed by atoms with Crippen LogP contribution in [0.1, 0.15) is 45.4 Å². The summed E-state index contributed by atoms with van der Waals surface area (Å²) in [6.07, 6.45) is 8.23. The molecule has 0 bridgehead atoms. The van der Waals surface area contributed by atoms with E-state index in [0.29, 0.717) is 0 Å². The van der Waals surface area contributed by atoms with Crippen molar-refractivity contribution >= 4 is 0 Å². The first-order chi connectivity index (χ1) is 7.53. The van der Waals surface area contributed by atoms with Crippen LogP contribution in [-0.4, -0.2) is 35.7 Å². The molecule has 0 aromatic heterocycles. The number of aliphatic hydroxyl groups excluding tert-OH is 1. The average molecular weight is 225 g/mol. The van der Waals surface area contributed by atoms with Gasteiger partial charge in [-0.15, -0.1) is 6.58 Å². The maximum absolute atomic E-state index is 10.5. The minimum absolute atomic E-state index is 0.000671. The Balaban J connectivity index is 2.74. The molecule has 1 fully saturated rings. The molecule has 3 atom stereocenters. The number of hydrogen-bond donors (Lipinski definition) is 1. The van der Waals surface area contributed by atoms with E-state index in [9.17, 15) is 5.11 Å². The van der Waals surface area contributed by atoms with Gasteiger partial charge < -0.3 is 10.0 Å². The number of nitrogens with zero attached hydrogens (tertiary/aromatic N) is 1. The summed E-state index contributed by atoms with van der Waals surface area (Å²) in [6, 6.07) is 0. The van der Waals surface area contributed by atoms with E-state index in [4.69, 9.17) is 0 Å². The highest BCUT2D eigenvalue weighted by Crippen LogP contribution is 2.39. The van der Waals surface area contributed by atoms with E-state index < -0.39 is 0 Å². The van der Waals surface area contributed by atoms with Crippen LogP contribution in [0.5, 0.6) is 0 Å². The van der Waals surface area contributed by atoms with E-state index in [1.54, 1.807) is 0 Å². The standard InChI is InChI=1S/C14H27NO/c1-5-6-9-13(16)14(15(3)4)10-7-8-12(2)11-14/h5,12-13,16H,1,6-11H2,2-4H3.